The summed E-state index contributed by atoms with van der Waals surface area (Å²) < 4.78 is 72.8. The molecule has 4 rings (SSSR count). The number of alkyl halides is 2. The second kappa shape index (κ2) is 24.8. The van der Waals surface area contributed by atoms with Gasteiger partial charge in [0.05, 0.1) is 22.8 Å². The summed E-state index contributed by atoms with van der Waals surface area (Å²) in [6.07, 6.45) is 6.00. The Balaban J connectivity index is 0.000000365. The van der Waals surface area contributed by atoms with E-state index in [4.69, 9.17) is 9.47 Å². The van der Waals surface area contributed by atoms with Gasteiger partial charge in [-0.25, -0.2) is 13.6 Å². The summed E-state index contributed by atoms with van der Waals surface area (Å²) in [4.78, 5) is 61.8. The van der Waals surface area contributed by atoms with Crippen LogP contribution in [0.15, 0.2) is 29.0 Å². The van der Waals surface area contributed by atoms with Crippen LogP contribution in [-0.2, 0) is 31.9 Å². The number of aromatic nitrogens is 2. The van der Waals surface area contributed by atoms with Gasteiger partial charge in [-0.2, -0.15) is 0 Å². The topological polar surface area (TPSA) is 119 Å². The van der Waals surface area contributed by atoms with Gasteiger partial charge in [-0.05, 0) is 56.1 Å². The molecule has 0 aromatic carbocycles. The van der Waals surface area contributed by atoms with Crippen molar-refractivity contribution in [2.45, 2.75) is 214 Å². The molecule has 0 unspecified atom stereocenters. The second-order valence-electron chi connectivity index (χ2n) is 19.6. The fourth-order valence-electron chi connectivity index (χ4n) is 8.53. The second-order valence-corrected chi connectivity index (χ2v) is 33.5. The minimum atomic E-state index is -3.02. The summed E-state index contributed by atoms with van der Waals surface area (Å²) in [6, 6.07) is 0.298. The number of rotatable bonds is 18. The number of ether oxygens (including phenoxy) is 2. The average Bonchev–Trinajstić information content (AvgIpc) is 3.69. The quantitative estimate of drug-likeness (QED) is 0.107. The molecule has 2 saturated heterocycles. The Kier molecular flexibility index (Phi) is 21.5. The van der Waals surface area contributed by atoms with E-state index < -0.39 is 84.1 Å². The fraction of sp³-hybridized carbons (Fsp3) is 0.708. The summed E-state index contributed by atoms with van der Waals surface area (Å²) in [5.74, 6) is -1.13. The molecule has 2 aliphatic rings. The molecule has 16 heteroatoms. The van der Waals surface area contributed by atoms with Crippen molar-refractivity contribution in [3.63, 3.8) is 0 Å². The monoisotopic (exact) mass is 1080 g/mol. The number of halogens is 5. The average molecular weight is 1080 g/mol. The number of ketones is 2. The number of Topliss-reactive ketones (excluding diaryl/α,β-unsaturated/α-hetero) is 2. The van der Waals surface area contributed by atoms with Crippen LogP contribution in [-0.4, -0.2) is 110 Å². The van der Waals surface area contributed by atoms with Crippen molar-refractivity contribution < 1.29 is 46.2 Å². The van der Waals surface area contributed by atoms with Crippen LogP contribution in [0.2, 0.25) is 13.3 Å². The molecule has 0 aliphatic carbocycles. The van der Waals surface area contributed by atoms with Crippen LogP contribution in [0.4, 0.5) is 27.2 Å². The first kappa shape index (κ1) is 55.5. The molecule has 10 nitrogen and oxygen atoms in total. The Morgan fingerprint density at radius 1 is 0.688 bits per heavy atom. The fourth-order valence-corrected chi connectivity index (χ4v) is 25.1. The van der Waals surface area contributed by atoms with Gasteiger partial charge < -0.3 is 4.74 Å². The van der Waals surface area contributed by atoms with Gasteiger partial charge in [0, 0.05) is 18.5 Å². The van der Waals surface area contributed by atoms with Crippen LogP contribution < -0.4 is 3.58 Å². The molecular weight excluding hydrogens is 1000 g/mol. The molecule has 2 aliphatic heterocycles. The molecule has 0 saturated carbocycles. The molecule has 2 aromatic heterocycles. The summed E-state index contributed by atoms with van der Waals surface area (Å²) in [7, 11) is 0. The number of unbranched alkanes of at least 4 members (excludes halogenated alkanes) is 3. The van der Waals surface area contributed by atoms with E-state index in [0.717, 1.165) is 61.6 Å². The first-order chi connectivity index (χ1) is 29.9. The van der Waals surface area contributed by atoms with Gasteiger partial charge in [0.25, 0.3) is 0 Å². The van der Waals surface area contributed by atoms with Crippen LogP contribution in [0.3, 0.4) is 0 Å². The molecule has 4 heterocycles. The summed E-state index contributed by atoms with van der Waals surface area (Å²) in [6.45, 7) is 20.2. The van der Waals surface area contributed by atoms with E-state index >= 15 is 4.39 Å². The van der Waals surface area contributed by atoms with Crippen LogP contribution >= 0.6 is 15.9 Å². The molecule has 6 atom stereocenters. The molecule has 0 radical (unpaired) electrons. The zero-order valence-corrected chi connectivity index (χ0v) is 44.4. The Bertz CT molecular complexity index is 1860. The van der Waals surface area contributed by atoms with Crippen molar-refractivity contribution in [2.24, 2.45) is 0 Å². The van der Waals surface area contributed by atoms with Crippen molar-refractivity contribution in [3.05, 3.63) is 52.0 Å². The summed E-state index contributed by atoms with van der Waals surface area (Å²) in [5.41, 5.74) is -0.215. The summed E-state index contributed by atoms with van der Waals surface area (Å²) in [5, 5.41) is 0. The number of likely N-dealkylation sites (tertiary alicyclic amines) is 2. The largest absolute Gasteiger partial charge is 0.444 e. The Labute approximate surface area is 391 Å². The Morgan fingerprint density at radius 2 is 1.06 bits per heavy atom. The van der Waals surface area contributed by atoms with Crippen LogP contribution in [0, 0.1) is 11.6 Å². The third-order valence-electron chi connectivity index (χ3n) is 12.1. The third-order valence-corrected chi connectivity index (χ3v) is 28.3. The maximum atomic E-state index is 15.4. The van der Waals surface area contributed by atoms with Crippen LogP contribution in [0.5, 0.6) is 0 Å². The van der Waals surface area contributed by atoms with Gasteiger partial charge in [-0.15, -0.1) is 0 Å². The van der Waals surface area contributed by atoms with E-state index in [1.54, 1.807) is 55.4 Å². The normalized spacial score (nSPS) is 21.4. The molecule has 2 fully saturated rings. The van der Waals surface area contributed by atoms with Gasteiger partial charge in [0.2, 0.25) is 0 Å². The number of carbonyl (C=O) groups is 4. The molecule has 0 bridgehead atoms. The number of pyridine rings is 2. The van der Waals surface area contributed by atoms with Gasteiger partial charge >= 0.3 is 240 Å². The van der Waals surface area contributed by atoms with E-state index in [9.17, 15) is 32.3 Å². The smallest absolute Gasteiger partial charge is 0.411 e. The third kappa shape index (κ3) is 15.9. The van der Waals surface area contributed by atoms with Crippen molar-refractivity contribution in [1.82, 2.24) is 19.8 Å². The number of amides is 2. The van der Waals surface area contributed by atoms with Crippen LogP contribution in [0.1, 0.15) is 152 Å². The summed E-state index contributed by atoms with van der Waals surface area (Å²) >= 11 is 0.0493. The van der Waals surface area contributed by atoms with Gasteiger partial charge in [-0.1, -0.05) is 0 Å². The molecule has 2 amide bonds. The van der Waals surface area contributed by atoms with Crippen molar-refractivity contribution in [2.75, 3.05) is 0 Å². The van der Waals surface area contributed by atoms with Crippen molar-refractivity contribution in [3.8, 4) is 0 Å². The minimum absolute atomic E-state index is 0.0219. The van der Waals surface area contributed by atoms with Gasteiger partial charge in [0.15, 0.2) is 11.6 Å². The predicted octanol–water partition coefficient (Wildman–Crippen LogP) is 11.7. The molecule has 64 heavy (non-hydrogen) atoms. The van der Waals surface area contributed by atoms with Gasteiger partial charge in [0.1, 0.15) is 11.8 Å². The number of carbonyl (C=O) groups excluding carboxylic acids is 4. The molecule has 360 valence electrons. The maximum absolute atomic E-state index is 15.4. The van der Waals surface area contributed by atoms with Crippen molar-refractivity contribution >= 4 is 61.6 Å². The van der Waals surface area contributed by atoms with E-state index in [0.29, 0.717) is 17.8 Å². The molecule has 0 spiro atoms. The maximum Gasteiger partial charge on any atom is 0.411 e. The zero-order chi connectivity index (χ0) is 48.2. The molecular formula is C48H73BrF4N4O6Sn. The minimum Gasteiger partial charge on any atom is -0.444 e. The van der Waals surface area contributed by atoms with Gasteiger partial charge in [-0.3, -0.25) is 14.7 Å². The Morgan fingerprint density at radius 3 is 1.42 bits per heavy atom. The molecule has 2 aromatic rings. The molecule has 0 N–H and O–H groups in total. The number of nitrogens with zero attached hydrogens (tertiary/aromatic N) is 4. The SMILES string of the molecule is CCC[CH2][Sn]([CH2]CCC)([CH2]CCC)[c]1cc(CCC(=O)[C@@H]2C[C@@H](F)[C@H](C)N2C(=O)OC(C)(C)C)ncc1F.C[C@H]1[C@H](F)C[C@@H](C(=O)CCc2cc(Br)c(F)cn2)N1C(=O)OC(C)(C)C. The first-order valence-electron chi connectivity index (χ1n) is 23.2. The predicted molar refractivity (Wildman–Crippen MR) is 249 cm³/mol. The van der Waals surface area contributed by atoms with E-state index in [2.05, 4.69) is 46.7 Å². The van der Waals surface area contributed by atoms with E-state index in [1.807, 2.05) is 6.07 Å². The van der Waals surface area contributed by atoms with E-state index in [-0.39, 0.29) is 54.0 Å². The van der Waals surface area contributed by atoms with Crippen LogP contribution in [0.25, 0.3) is 0 Å². The van der Waals surface area contributed by atoms with E-state index in [1.165, 1.54) is 22.1 Å². The van der Waals surface area contributed by atoms with Crippen molar-refractivity contribution in [1.29, 1.82) is 0 Å². The zero-order valence-electron chi connectivity index (χ0n) is 40.0. The Hall–Kier alpha value is -2.82. The number of hydrogen-bond acceptors (Lipinski definition) is 8. The standard InChI is InChI=1S/C18H23BrF2N2O3.C18H23F2N2O3.3C4H9.Sn/c1-10-13(20)8-15(23(10)17(25)26-18(2,3)4)16(24)6-5-11-7-12(19)14(21)9-22-11;1-11-14(20)9-15(22(11)17(24)25-18(2,3)4)16(23)8-7-13-6-5-12(19)10-21-13;3*1-3-4-2;/h7,9-10,13,15H,5-6,8H2,1-4H3;6,10-11,14-15H,7-9H2,1-4H3;3*1,3-4H2,2H3;/t10-,13+,15-;11-,14+,15-;;;;/m00..../s1. The first-order valence-corrected chi connectivity index (χ1v) is 31.5. The number of aryl methyl sites for hydroxylation is 2. The number of hydrogen-bond donors (Lipinski definition) is 0.